The Morgan fingerprint density at radius 1 is 1.22 bits per heavy atom. The zero-order valence-electron chi connectivity index (χ0n) is 4.70. The summed E-state index contributed by atoms with van der Waals surface area (Å²) in [5, 5.41) is 9.87. The van der Waals surface area contributed by atoms with Crippen LogP contribution in [0.2, 0.25) is 0 Å². The molecule has 0 spiro atoms. The fourth-order valence-corrected chi connectivity index (χ4v) is 0.747. The number of hydrogen-bond acceptors (Lipinski definition) is 4. The standard InChI is InChI=1S/C4H5N5/c1-2-6-4-3(5-1)7-9-8-4/h1-2H2,(H,5,6,7,8). The van der Waals surface area contributed by atoms with E-state index in [1.54, 1.807) is 0 Å². The second-order valence-electron chi connectivity index (χ2n) is 1.75. The van der Waals surface area contributed by atoms with E-state index in [-0.39, 0.29) is 0 Å². The van der Waals surface area contributed by atoms with Gasteiger partial charge in [-0.05, 0) is 0 Å². The molecule has 0 unspecified atom stereocenters. The van der Waals surface area contributed by atoms with Crippen molar-refractivity contribution in [3.05, 3.63) is 11.0 Å². The molecule has 0 aliphatic carbocycles. The number of nitrogens with zero attached hydrogens (tertiary/aromatic N) is 4. The van der Waals surface area contributed by atoms with Gasteiger partial charge in [0.25, 0.3) is 0 Å². The molecule has 0 saturated heterocycles. The van der Waals surface area contributed by atoms with Gasteiger partial charge in [-0.15, -0.1) is 5.10 Å². The van der Waals surface area contributed by atoms with Crippen LogP contribution in [0.4, 0.5) is 0 Å². The molecule has 0 radical (unpaired) electrons. The van der Waals surface area contributed by atoms with Crippen LogP contribution < -0.4 is 11.0 Å². The molecule has 0 saturated carbocycles. The van der Waals surface area contributed by atoms with Gasteiger partial charge in [-0.25, -0.2) is 5.10 Å². The number of fused-ring (bicyclic) bond motifs is 1. The summed E-state index contributed by atoms with van der Waals surface area (Å²) < 4.78 is 0. The van der Waals surface area contributed by atoms with Gasteiger partial charge in [0.05, 0.1) is 13.1 Å². The SMILES string of the molecule is C1CN=c2[nH]nnc2=N1. The lowest BCUT2D eigenvalue weighted by atomic mass is 10.6. The second kappa shape index (κ2) is 1.61. The Morgan fingerprint density at radius 2 is 2.11 bits per heavy atom. The zero-order chi connectivity index (χ0) is 6.10. The van der Waals surface area contributed by atoms with Crippen LogP contribution >= 0.6 is 0 Å². The predicted octanol–water partition coefficient (Wildman–Crippen LogP) is -1.94. The minimum atomic E-state index is 0.640. The highest BCUT2D eigenvalue weighted by atomic mass is 15.3. The van der Waals surface area contributed by atoms with Gasteiger partial charge in [-0.1, -0.05) is 5.21 Å². The van der Waals surface area contributed by atoms with Gasteiger partial charge in [0.1, 0.15) is 0 Å². The molecule has 1 aliphatic heterocycles. The summed E-state index contributed by atoms with van der Waals surface area (Å²) in [4.78, 5) is 8.13. The average Bonchev–Trinajstić information content (AvgIpc) is 2.33. The van der Waals surface area contributed by atoms with Gasteiger partial charge in [0.2, 0.25) is 5.49 Å². The molecule has 0 amide bonds. The summed E-state index contributed by atoms with van der Waals surface area (Å²) in [6.07, 6.45) is 0. The maximum absolute atomic E-state index is 4.08. The third kappa shape index (κ3) is 0.611. The van der Waals surface area contributed by atoms with Crippen molar-refractivity contribution < 1.29 is 0 Å². The van der Waals surface area contributed by atoms with Gasteiger partial charge in [-0.2, -0.15) is 0 Å². The van der Waals surface area contributed by atoms with Crippen LogP contribution in [0.3, 0.4) is 0 Å². The quantitative estimate of drug-likeness (QED) is 0.436. The summed E-state index contributed by atoms with van der Waals surface area (Å²) in [5.74, 6) is 0. The van der Waals surface area contributed by atoms with E-state index in [1.807, 2.05) is 0 Å². The van der Waals surface area contributed by atoms with Crippen molar-refractivity contribution in [3.63, 3.8) is 0 Å². The molecule has 5 nitrogen and oxygen atoms in total. The van der Waals surface area contributed by atoms with Crippen LogP contribution in [0.5, 0.6) is 0 Å². The first kappa shape index (κ1) is 4.60. The molecule has 0 bridgehead atoms. The molecule has 0 aromatic carbocycles. The number of aromatic amines is 1. The van der Waals surface area contributed by atoms with Crippen molar-refractivity contribution in [3.8, 4) is 0 Å². The van der Waals surface area contributed by atoms with Gasteiger partial charge in [-0.3, -0.25) is 9.98 Å². The van der Waals surface area contributed by atoms with Crippen LogP contribution in [0, 0.1) is 0 Å². The Bertz CT molecular complexity index is 279. The normalized spacial score (nSPS) is 15.6. The lowest BCUT2D eigenvalue weighted by Gasteiger charge is -1.88. The predicted molar refractivity (Wildman–Crippen MR) is 28.4 cm³/mol. The molecule has 1 aromatic rings. The van der Waals surface area contributed by atoms with E-state index in [0.29, 0.717) is 11.0 Å². The summed E-state index contributed by atoms with van der Waals surface area (Å²) in [7, 11) is 0. The molecule has 5 heteroatoms. The van der Waals surface area contributed by atoms with Gasteiger partial charge < -0.3 is 0 Å². The fraction of sp³-hybridized carbons (Fsp3) is 0.500. The maximum atomic E-state index is 4.08. The van der Waals surface area contributed by atoms with Crippen LogP contribution in [0.1, 0.15) is 0 Å². The molecule has 9 heavy (non-hydrogen) atoms. The average molecular weight is 123 g/mol. The topological polar surface area (TPSA) is 66.3 Å². The molecule has 2 heterocycles. The minimum absolute atomic E-state index is 0.640. The molecule has 46 valence electrons. The molecule has 2 rings (SSSR count). The minimum Gasteiger partial charge on any atom is -0.262 e. The third-order valence-electron chi connectivity index (χ3n) is 1.14. The smallest absolute Gasteiger partial charge is 0.215 e. The number of aromatic nitrogens is 3. The van der Waals surface area contributed by atoms with E-state index in [9.17, 15) is 0 Å². The van der Waals surface area contributed by atoms with Crippen molar-refractivity contribution >= 4 is 0 Å². The maximum Gasteiger partial charge on any atom is 0.215 e. The lowest BCUT2D eigenvalue weighted by molar-refractivity contribution is 0.837. The summed E-state index contributed by atoms with van der Waals surface area (Å²) in [6.45, 7) is 1.48. The third-order valence-corrected chi connectivity index (χ3v) is 1.14. The van der Waals surface area contributed by atoms with E-state index in [4.69, 9.17) is 0 Å². The zero-order valence-corrected chi connectivity index (χ0v) is 4.70. The van der Waals surface area contributed by atoms with Crippen LogP contribution in [0.15, 0.2) is 9.98 Å². The van der Waals surface area contributed by atoms with Crippen molar-refractivity contribution in [1.29, 1.82) is 0 Å². The molecule has 1 aliphatic rings. The van der Waals surface area contributed by atoms with Crippen molar-refractivity contribution in [2.24, 2.45) is 9.98 Å². The summed E-state index contributed by atoms with van der Waals surface area (Å²) >= 11 is 0. The van der Waals surface area contributed by atoms with E-state index in [1.165, 1.54) is 0 Å². The first-order chi connectivity index (χ1) is 4.47. The Kier molecular flexibility index (Phi) is 0.824. The number of hydrogen-bond donors (Lipinski definition) is 1. The van der Waals surface area contributed by atoms with Crippen molar-refractivity contribution in [2.45, 2.75) is 0 Å². The van der Waals surface area contributed by atoms with Crippen molar-refractivity contribution in [1.82, 2.24) is 15.4 Å². The number of nitrogens with one attached hydrogen (secondary N) is 1. The highest BCUT2D eigenvalue weighted by Gasteiger charge is 1.95. The second-order valence-corrected chi connectivity index (χ2v) is 1.75. The van der Waals surface area contributed by atoms with Gasteiger partial charge >= 0.3 is 0 Å². The monoisotopic (exact) mass is 123 g/mol. The Morgan fingerprint density at radius 3 is 3.00 bits per heavy atom. The van der Waals surface area contributed by atoms with Gasteiger partial charge in [0, 0.05) is 0 Å². The number of H-pyrrole nitrogens is 1. The molecule has 0 fully saturated rings. The van der Waals surface area contributed by atoms with E-state index in [2.05, 4.69) is 25.4 Å². The van der Waals surface area contributed by atoms with Crippen LogP contribution in [-0.2, 0) is 0 Å². The molecule has 0 atom stereocenters. The lowest BCUT2D eigenvalue weighted by Crippen LogP contribution is -2.29. The van der Waals surface area contributed by atoms with E-state index < -0.39 is 0 Å². The van der Waals surface area contributed by atoms with Crippen LogP contribution in [-0.4, -0.2) is 28.5 Å². The first-order valence-electron chi connectivity index (χ1n) is 2.73. The number of rotatable bonds is 0. The molecular weight excluding hydrogens is 118 g/mol. The highest BCUT2D eigenvalue weighted by Crippen LogP contribution is 1.71. The molecule has 1 aromatic heterocycles. The molecule has 1 N–H and O–H groups in total. The summed E-state index contributed by atoms with van der Waals surface area (Å²) in [5.41, 5.74) is 1.35. The van der Waals surface area contributed by atoms with E-state index >= 15 is 0 Å². The Labute approximate surface area is 50.5 Å². The largest absolute Gasteiger partial charge is 0.262 e. The molecular formula is C4H5N5. The van der Waals surface area contributed by atoms with Crippen LogP contribution in [0.25, 0.3) is 0 Å². The Balaban J connectivity index is 2.89. The first-order valence-corrected chi connectivity index (χ1v) is 2.73. The highest BCUT2D eigenvalue weighted by molar-refractivity contribution is 4.71. The fourth-order valence-electron chi connectivity index (χ4n) is 0.747. The summed E-state index contributed by atoms with van der Waals surface area (Å²) in [6, 6.07) is 0. The Hall–Kier alpha value is -1.26. The van der Waals surface area contributed by atoms with Crippen molar-refractivity contribution in [2.75, 3.05) is 13.1 Å². The van der Waals surface area contributed by atoms with E-state index in [0.717, 1.165) is 13.1 Å². The van der Waals surface area contributed by atoms with Gasteiger partial charge in [0.15, 0.2) is 5.49 Å².